The Morgan fingerprint density at radius 3 is 2.24 bits per heavy atom. The van der Waals surface area contributed by atoms with Crippen molar-refractivity contribution in [1.82, 2.24) is 4.90 Å². The third kappa shape index (κ3) is 6.11. The fourth-order valence-electron chi connectivity index (χ4n) is 1.76. The minimum atomic E-state index is -0.449. The van der Waals surface area contributed by atoms with Gasteiger partial charge in [-0.1, -0.05) is 0 Å². The molecule has 1 rings (SSSR count). The molecule has 0 atom stereocenters. The largest absolute Gasteiger partial charge is 0.380 e. The summed E-state index contributed by atoms with van der Waals surface area (Å²) in [5.41, 5.74) is 0.323. The van der Waals surface area contributed by atoms with Crippen LogP contribution >= 0.6 is 15.9 Å². The summed E-state index contributed by atoms with van der Waals surface area (Å²) in [6, 6.07) is 4.37. The van der Waals surface area contributed by atoms with Gasteiger partial charge >= 0.3 is 0 Å². The molecule has 0 aromatic heterocycles. The van der Waals surface area contributed by atoms with Gasteiger partial charge in [-0.3, -0.25) is 4.79 Å². The van der Waals surface area contributed by atoms with E-state index in [0.717, 1.165) is 0 Å². The molecule has 21 heavy (non-hydrogen) atoms. The number of rotatable bonds is 9. The highest BCUT2D eigenvalue weighted by Crippen LogP contribution is 2.17. The number of carbonyl (C=O) groups excluding carboxylic acids is 1. The smallest absolute Gasteiger partial charge is 0.254 e. The second-order valence-electron chi connectivity index (χ2n) is 4.31. The van der Waals surface area contributed by atoms with Crippen molar-refractivity contribution in [3.05, 3.63) is 34.1 Å². The van der Waals surface area contributed by atoms with E-state index in [1.165, 1.54) is 12.1 Å². The molecule has 4 nitrogen and oxygen atoms in total. The molecule has 0 unspecified atom stereocenters. The van der Waals surface area contributed by atoms with Crippen molar-refractivity contribution < 1.29 is 18.7 Å². The van der Waals surface area contributed by atoms with Crippen LogP contribution in [0, 0.1) is 5.82 Å². The first kappa shape index (κ1) is 18.1. The first-order valence-corrected chi connectivity index (χ1v) is 7.79. The Balaban J connectivity index is 2.73. The molecule has 1 amide bonds. The Morgan fingerprint density at radius 1 is 1.19 bits per heavy atom. The van der Waals surface area contributed by atoms with Crippen LogP contribution < -0.4 is 0 Å². The van der Waals surface area contributed by atoms with E-state index < -0.39 is 5.82 Å². The van der Waals surface area contributed by atoms with E-state index in [1.54, 1.807) is 11.0 Å². The molecule has 0 spiro atoms. The van der Waals surface area contributed by atoms with E-state index >= 15 is 0 Å². The summed E-state index contributed by atoms with van der Waals surface area (Å²) in [7, 11) is 0. The van der Waals surface area contributed by atoms with Crippen LogP contribution in [0.4, 0.5) is 4.39 Å². The molecule has 0 aliphatic heterocycles. The molecule has 0 bridgehead atoms. The van der Waals surface area contributed by atoms with Gasteiger partial charge in [0.1, 0.15) is 5.82 Å². The number of nitrogens with zero attached hydrogens (tertiary/aromatic N) is 1. The zero-order valence-corrected chi connectivity index (χ0v) is 14.0. The third-order valence-corrected chi connectivity index (χ3v) is 3.52. The monoisotopic (exact) mass is 361 g/mol. The average Bonchev–Trinajstić information content (AvgIpc) is 2.48. The predicted octanol–water partition coefficient (Wildman–Crippen LogP) is 3.10. The van der Waals surface area contributed by atoms with Gasteiger partial charge in [-0.05, 0) is 48.0 Å². The number of amides is 1. The third-order valence-electron chi connectivity index (χ3n) is 2.87. The zero-order chi connectivity index (χ0) is 15.7. The van der Waals surface area contributed by atoms with Crippen LogP contribution in [0.3, 0.4) is 0 Å². The average molecular weight is 362 g/mol. The van der Waals surface area contributed by atoms with E-state index in [-0.39, 0.29) is 5.91 Å². The molecular formula is C15H21BrFNO3. The molecule has 0 saturated carbocycles. The van der Waals surface area contributed by atoms with E-state index in [4.69, 9.17) is 9.47 Å². The van der Waals surface area contributed by atoms with Gasteiger partial charge in [0, 0.05) is 31.9 Å². The highest BCUT2D eigenvalue weighted by Gasteiger charge is 2.16. The van der Waals surface area contributed by atoms with E-state index in [2.05, 4.69) is 15.9 Å². The number of carbonyl (C=O) groups is 1. The van der Waals surface area contributed by atoms with Crippen LogP contribution in [-0.4, -0.2) is 50.3 Å². The van der Waals surface area contributed by atoms with Crippen molar-refractivity contribution >= 4 is 21.8 Å². The lowest BCUT2D eigenvalue weighted by molar-refractivity contribution is 0.0549. The summed E-state index contributed by atoms with van der Waals surface area (Å²) in [4.78, 5) is 14.0. The van der Waals surface area contributed by atoms with Gasteiger partial charge < -0.3 is 14.4 Å². The Bertz CT molecular complexity index is 447. The molecule has 0 aliphatic rings. The van der Waals surface area contributed by atoms with Gasteiger partial charge in [0.2, 0.25) is 0 Å². The molecule has 1 aromatic rings. The Labute approximate surface area is 133 Å². The standard InChI is InChI=1S/C15H21BrFNO3/c1-3-20-9-7-18(8-10-21-4-2)15(19)12-5-6-13(16)14(17)11-12/h5-6,11H,3-4,7-10H2,1-2H3. The van der Waals surface area contributed by atoms with Crippen molar-refractivity contribution in [2.45, 2.75) is 13.8 Å². The summed E-state index contributed by atoms with van der Waals surface area (Å²) in [5.74, 6) is -0.670. The van der Waals surface area contributed by atoms with Crippen LogP contribution in [0.2, 0.25) is 0 Å². The normalized spacial score (nSPS) is 10.7. The lowest BCUT2D eigenvalue weighted by atomic mass is 10.2. The fraction of sp³-hybridized carbons (Fsp3) is 0.533. The van der Waals surface area contributed by atoms with Gasteiger partial charge in [0.05, 0.1) is 17.7 Å². The van der Waals surface area contributed by atoms with Crippen molar-refractivity contribution in [3.63, 3.8) is 0 Å². The lowest BCUT2D eigenvalue weighted by Gasteiger charge is -2.22. The van der Waals surface area contributed by atoms with E-state index in [1.807, 2.05) is 13.8 Å². The first-order valence-electron chi connectivity index (χ1n) is 7.00. The quantitative estimate of drug-likeness (QED) is 0.634. The lowest BCUT2D eigenvalue weighted by Crippen LogP contribution is -2.36. The van der Waals surface area contributed by atoms with Crippen LogP contribution in [0.5, 0.6) is 0 Å². The minimum absolute atomic E-state index is 0.221. The van der Waals surface area contributed by atoms with Crippen LogP contribution in [0.1, 0.15) is 24.2 Å². The van der Waals surface area contributed by atoms with Gasteiger partial charge in [-0.15, -0.1) is 0 Å². The SMILES string of the molecule is CCOCCN(CCOCC)C(=O)c1ccc(Br)c(F)c1. The molecule has 0 fully saturated rings. The highest BCUT2D eigenvalue weighted by atomic mass is 79.9. The van der Waals surface area contributed by atoms with Gasteiger partial charge in [-0.25, -0.2) is 4.39 Å². The number of halogens is 2. The van der Waals surface area contributed by atoms with Gasteiger partial charge in [-0.2, -0.15) is 0 Å². The Kier molecular flexibility index (Phi) is 8.49. The van der Waals surface area contributed by atoms with Crippen molar-refractivity contribution in [2.24, 2.45) is 0 Å². The van der Waals surface area contributed by atoms with Crippen LogP contribution in [0.25, 0.3) is 0 Å². The number of benzene rings is 1. The van der Waals surface area contributed by atoms with Crippen molar-refractivity contribution in [2.75, 3.05) is 39.5 Å². The highest BCUT2D eigenvalue weighted by molar-refractivity contribution is 9.10. The predicted molar refractivity (Wildman–Crippen MR) is 83.0 cm³/mol. The molecule has 118 valence electrons. The summed E-state index contributed by atoms with van der Waals surface area (Å²) in [6.45, 7) is 6.81. The number of hydrogen-bond acceptors (Lipinski definition) is 3. The van der Waals surface area contributed by atoms with Crippen LogP contribution in [-0.2, 0) is 9.47 Å². The van der Waals surface area contributed by atoms with Crippen molar-refractivity contribution in [1.29, 1.82) is 0 Å². The number of hydrogen-bond donors (Lipinski definition) is 0. The van der Waals surface area contributed by atoms with E-state index in [0.29, 0.717) is 49.6 Å². The molecule has 1 aromatic carbocycles. The summed E-state index contributed by atoms with van der Waals surface area (Å²) < 4.78 is 24.5. The van der Waals surface area contributed by atoms with Gasteiger partial charge in [0.15, 0.2) is 0 Å². The second-order valence-corrected chi connectivity index (χ2v) is 5.17. The maximum atomic E-state index is 13.5. The zero-order valence-electron chi connectivity index (χ0n) is 12.4. The number of ether oxygens (including phenoxy) is 2. The second kappa shape index (κ2) is 9.87. The van der Waals surface area contributed by atoms with Crippen molar-refractivity contribution in [3.8, 4) is 0 Å². The molecule has 0 radical (unpaired) electrons. The molecule has 0 saturated heterocycles. The molecule has 0 N–H and O–H groups in total. The maximum Gasteiger partial charge on any atom is 0.254 e. The summed E-state index contributed by atoms with van der Waals surface area (Å²) >= 11 is 3.08. The summed E-state index contributed by atoms with van der Waals surface area (Å²) in [6.07, 6.45) is 0. The Hall–Kier alpha value is -0.980. The van der Waals surface area contributed by atoms with Gasteiger partial charge in [0.25, 0.3) is 5.91 Å². The minimum Gasteiger partial charge on any atom is -0.380 e. The molecule has 0 heterocycles. The first-order chi connectivity index (χ1) is 10.1. The molecule has 0 aliphatic carbocycles. The topological polar surface area (TPSA) is 38.8 Å². The van der Waals surface area contributed by atoms with E-state index in [9.17, 15) is 9.18 Å². The fourth-order valence-corrected chi connectivity index (χ4v) is 2.01. The molecular weight excluding hydrogens is 341 g/mol. The van der Waals surface area contributed by atoms with Crippen LogP contribution in [0.15, 0.2) is 22.7 Å². The molecule has 6 heteroatoms. The Morgan fingerprint density at radius 2 is 1.76 bits per heavy atom. The maximum absolute atomic E-state index is 13.5. The summed E-state index contributed by atoms with van der Waals surface area (Å²) in [5, 5.41) is 0.